The van der Waals surface area contributed by atoms with Crippen LogP contribution in [0.2, 0.25) is 0 Å². The predicted octanol–water partition coefficient (Wildman–Crippen LogP) is 4.47. The van der Waals surface area contributed by atoms with Crippen LogP contribution in [0.25, 0.3) is 16.0 Å². The molecule has 1 aliphatic rings. The summed E-state index contributed by atoms with van der Waals surface area (Å²) in [6, 6.07) is 14.9. The van der Waals surface area contributed by atoms with Gasteiger partial charge in [0, 0.05) is 6.20 Å². The fourth-order valence-electron chi connectivity index (χ4n) is 3.82. The summed E-state index contributed by atoms with van der Waals surface area (Å²) in [5.74, 6) is -2.81. The number of rotatable bonds is 4. The number of nitrogens with zero attached hydrogens (tertiary/aromatic N) is 3. The van der Waals surface area contributed by atoms with Gasteiger partial charge in [-0.2, -0.15) is 0 Å². The van der Waals surface area contributed by atoms with Crippen molar-refractivity contribution < 1.29 is 23.8 Å². The summed E-state index contributed by atoms with van der Waals surface area (Å²) in [5, 5.41) is 11.5. The van der Waals surface area contributed by atoms with Crippen LogP contribution in [0.1, 0.15) is 17.3 Å². The number of Topliss-reactive ketones (excluding diaryl/α,β-unsaturated/α-hetero) is 1. The van der Waals surface area contributed by atoms with E-state index in [0.29, 0.717) is 16.3 Å². The Hall–Kier alpha value is -4.11. The number of ketones is 1. The Morgan fingerprint density at radius 3 is 2.64 bits per heavy atom. The molecule has 1 aliphatic heterocycles. The number of benzene rings is 2. The van der Waals surface area contributed by atoms with Gasteiger partial charge < -0.3 is 9.84 Å². The van der Waals surface area contributed by atoms with Crippen LogP contribution in [0.4, 0.5) is 9.52 Å². The third-order valence-corrected chi connectivity index (χ3v) is 6.35. The lowest BCUT2D eigenvalue weighted by molar-refractivity contribution is -0.132. The van der Waals surface area contributed by atoms with Crippen LogP contribution in [0.15, 0.2) is 72.4 Å². The van der Waals surface area contributed by atoms with Crippen molar-refractivity contribution in [1.82, 2.24) is 9.97 Å². The minimum atomic E-state index is -1.06. The molecule has 0 bridgehead atoms. The molecule has 1 saturated heterocycles. The van der Waals surface area contributed by atoms with Crippen molar-refractivity contribution in [3.8, 4) is 5.75 Å². The number of pyridine rings is 1. The first-order valence-electron chi connectivity index (χ1n) is 9.91. The van der Waals surface area contributed by atoms with Gasteiger partial charge >= 0.3 is 5.91 Å². The first kappa shape index (κ1) is 20.8. The Kier molecular flexibility index (Phi) is 5.10. The number of ether oxygens (including phenoxy) is 1. The number of thiazole rings is 1. The highest BCUT2D eigenvalue weighted by atomic mass is 32.1. The van der Waals surface area contributed by atoms with Crippen LogP contribution in [-0.2, 0) is 9.59 Å². The minimum absolute atomic E-state index is 0.0410. The number of methoxy groups -OCH3 is 1. The molecule has 1 N–H and O–H groups in total. The second-order valence-electron chi connectivity index (χ2n) is 7.23. The van der Waals surface area contributed by atoms with E-state index in [9.17, 15) is 19.1 Å². The standard InChI is InChI=1S/C24H16FN3O4S/c1-32-17-10-9-13(25)12-14(17)21(29)19-20(16-7-4-5-11-26-16)28(23(31)22(19)30)24-27-15-6-2-3-8-18(15)33-24/h2-12,20,29H,1H3/b21-19+. The highest BCUT2D eigenvalue weighted by Crippen LogP contribution is 2.44. The highest BCUT2D eigenvalue weighted by Gasteiger charge is 2.49. The number of amides is 1. The number of aliphatic hydroxyl groups excluding tert-OH is 1. The van der Waals surface area contributed by atoms with Gasteiger partial charge in [-0.25, -0.2) is 9.37 Å². The smallest absolute Gasteiger partial charge is 0.301 e. The Balaban J connectivity index is 1.76. The largest absolute Gasteiger partial charge is 0.507 e. The van der Waals surface area contributed by atoms with E-state index in [1.807, 2.05) is 18.2 Å². The van der Waals surface area contributed by atoms with Crippen LogP contribution in [0, 0.1) is 5.82 Å². The summed E-state index contributed by atoms with van der Waals surface area (Å²) in [6.07, 6.45) is 1.52. The summed E-state index contributed by atoms with van der Waals surface area (Å²) in [6.45, 7) is 0. The fraction of sp³-hybridized carbons (Fsp3) is 0.0833. The molecule has 7 nitrogen and oxygen atoms in total. The van der Waals surface area contributed by atoms with Gasteiger partial charge in [-0.1, -0.05) is 29.5 Å². The van der Waals surface area contributed by atoms with E-state index in [-0.39, 0.29) is 16.9 Å². The third kappa shape index (κ3) is 3.42. The number of aromatic nitrogens is 2. The van der Waals surface area contributed by atoms with Crippen molar-refractivity contribution in [3.05, 3.63) is 89.5 Å². The molecule has 1 fully saturated rings. The van der Waals surface area contributed by atoms with Gasteiger partial charge in [-0.3, -0.25) is 19.5 Å². The Morgan fingerprint density at radius 2 is 1.91 bits per heavy atom. The zero-order chi connectivity index (χ0) is 23.1. The summed E-state index contributed by atoms with van der Waals surface area (Å²) >= 11 is 1.24. The molecule has 9 heteroatoms. The number of aliphatic hydroxyl groups is 1. The lowest BCUT2D eigenvalue weighted by Crippen LogP contribution is -2.29. The number of hydrogen-bond acceptors (Lipinski definition) is 7. The average Bonchev–Trinajstić information content (AvgIpc) is 3.37. The first-order valence-corrected chi connectivity index (χ1v) is 10.7. The van der Waals surface area contributed by atoms with Crippen LogP contribution in [0.5, 0.6) is 5.75 Å². The summed E-state index contributed by atoms with van der Waals surface area (Å²) < 4.78 is 20.1. The lowest BCUT2D eigenvalue weighted by atomic mass is 9.98. The van der Waals surface area contributed by atoms with Crippen LogP contribution < -0.4 is 9.64 Å². The van der Waals surface area contributed by atoms with Gasteiger partial charge in [0.05, 0.1) is 34.2 Å². The normalized spacial score (nSPS) is 17.6. The van der Waals surface area contributed by atoms with Crippen LogP contribution in [0.3, 0.4) is 0 Å². The third-order valence-electron chi connectivity index (χ3n) is 5.32. The van der Waals surface area contributed by atoms with Gasteiger partial charge in [-0.15, -0.1) is 0 Å². The number of para-hydroxylation sites is 1. The predicted molar refractivity (Wildman–Crippen MR) is 122 cm³/mol. The van der Waals surface area contributed by atoms with Crippen molar-refractivity contribution in [2.24, 2.45) is 0 Å². The molecule has 164 valence electrons. The zero-order valence-corrected chi connectivity index (χ0v) is 18.0. The molecule has 3 heterocycles. The van der Waals surface area contributed by atoms with E-state index in [4.69, 9.17) is 4.74 Å². The van der Waals surface area contributed by atoms with Gasteiger partial charge in [0.25, 0.3) is 5.78 Å². The first-order chi connectivity index (χ1) is 16.0. The van der Waals surface area contributed by atoms with Crippen molar-refractivity contribution in [2.45, 2.75) is 6.04 Å². The maximum absolute atomic E-state index is 14.0. The van der Waals surface area contributed by atoms with Gasteiger partial charge in [-0.05, 0) is 42.5 Å². The second kappa shape index (κ2) is 8.10. The zero-order valence-electron chi connectivity index (χ0n) is 17.2. The molecule has 2 aromatic heterocycles. The maximum Gasteiger partial charge on any atom is 0.301 e. The SMILES string of the molecule is COc1ccc(F)cc1/C(O)=C1\C(=O)C(=O)N(c2nc3ccccc3s2)C1c1ccccn1. The summed E-state index contributed by atoms with van der Waals surface area (Å²) in [7, 11) is 1.36. The van der Waals surface area contributed by atoms with Gasteiger partial charge in [0.15, 0.2) is 5.13 Å². The van der Waals surface area contributed by atoms with Crippen molar-refractivity contribution in [3.63, 3.8) is 0 Å². The van der Waals surface area contributed by atoms with E-state index in [1.54, 1.807) is 24.3 Å². The molecule has 2 aromatic carbocycles. The van der Waals surface area contributed by atoms with Gasteiger partial charge in [0.1, 0.15) is 23.4 Å². The topological polar surface area (TPSA) is 92.6 Å². The van der Waals surface area contributed by atoms with Crippen LogP contribution >= 0.6 is 11.3 Å². The number of hydrogen-bond donors (Lipinski definition) is 1. The molecule has 5 rings (SSSR count). The summed E-state index contributed by atoms with van der Waals surface area (Å²) in [4.78, 5) is 36.5. The molecule has 1 amide bonds. The van der Waals surface area contributed by atoms with E-state index >= 15 is 0 Å². The molecule has 1 atom stereocenters. The van der Waals surface area contributed by atoms with Gasteiger partial charge in [0.2, 0.25) is 0 Å². The maximum atomic E-state index is 14.0. The Bertz CT molecular complexity index is 1400. The number of halogens is 1. The minimum Gasteiger partial charge on any atom is -0.507 e. The second-order valence-corrected chi connectivity index (χ2v) is 8.24. The molecular weight excluding hydrogens is 445 g/mol. The molecule has 4 aromatic rings. The van der Waals surface area contributed by atoms with E-state index < -0.39 is 29.3 Å². The summed E-state index contributed by atoms with van der Waals surface area (Å²) in [5.41, 5.74) is 0.765. The molecule has 33 heavy (non-hydrogen) atoms. The number of anilines is 1. The Morgan fingerprint density at radius 1 is 1.12 bits per heavy atom. The Labute approximate surface area is 191 Å². The lowest BCUT2D eigenvalue weighted by Gasteiger charge is -2.22. The van der Waals surface area contributed by atoms with E-state index in [0.717, 1.165) is 10.8 Å². The molecule has 0 aliphatic carbocycles. The number of fused-ring (bicyclic) bond motifs is 1. The van der Waals surface area contributed by atoms with Crippen molar-refractivity contribution in [2.75, 3.05) is 12.0 Å². The quantitative estimate of drug-likeness (QED) is 0.274. The average molecular weight is 461 g/mol. The van der Waals surface area contributed by atoms with E-state index in [2.05, 4.69) is 9.97 Å². The number of carbonyl (C=O) groups excluding carboxylic acids is 2. The van der Waals surface area contributed by atoms with Crippen molar-refractivity contribution in [1.29, 1.82) is 0 Å². The van der Waals surface area contributed by atoms with Crippen LogP contribution in [-0.4, -0.2) is 33.9 Å². The van der Waals surface area contributed by atoms with E-state index in [1.165, 1.54) is 41.7 Å². The highest BCUT2D eigenvalue weighted by molar-refractivity contribution is 7.22. The monoisotopic (exact) mass is 461 g/mol. The molecule has 0 saturated carbocycles. The molecule has 0 radical (unpaired) electrons. The molecule has 1 unspecified atom stereocenters. The van der Waals surface area contributed by atoms with Crippen molar-refractivity contribution >= 4 is 44.1 Å². The molecule has 0 spiro atoms. The number of carbonyl (C=O) groups is 2. The molecular formula is C24H16FN3O4S. The fourth-order valence-corrected chi connectivity index (χ4v) is 4.81.